The van der Waals surface area contributed by atoms with Crippen LogP contribution in [0.3, 0.4) is 0 Å². The molecular formula is C29H21NO3. The van der Waals surface area contributed by atoms with E-state index in [0.29, 0.717) is 10.8 Å². The maximum atomic E-state index is 13.8. The minimum Gasteiger partial charge on any atom is -0.497 e. The molecule has 0 aliphatic heterocycles. The van der Waals surface area contributed by atoms with Crippen LogP contribution >= 0.6 is 0 Å². The van der Waals surface area contributed by atoms with Gasteiger partial charge in [-0.15, -0.1) is 0 Å². The van der Waals surface area contributed by atoms with Crippen LogP contribution in [0.15, 0.2) is 95.8 Å². The minimum atomic E-state index is 0.0261. The first-order chi connectivity index (χ1) is 16.2. The molecule has 160 valence electrons. The van der Waals surface area contributed by atoms with E-state index in [0.717, 1.165) is 49.8 Å². The van der Waals surface area contributed by atoms with E-state index >= 15 is 0 Å². The zero-order valence-corrected chi connectivity index (χ0v) is 18.3. The van der Waals surface area contributed by atoms with E-state index in [4.69, 9.17) is 9.47 Å². The number of fused-ring (bicyclic) bond motifs is 5. The molecule has 5 aromatic carbocycles. The molecule has 0 aliphatic rings. The van der Waals surface area contributed by atoms with Gasteiger partial charge in [0.15, 0.2) is 5.43 Å². The lowest BCUT2D eigenvalue weighted by Gasteiger charge is -2.10. The van der Waals surface area contributed by atoms with Crippen molar-refractivity contribution in [3.05, 3.63) is 101 Å². The summed E-state index contributed by atoms with van der Waals surface area (Å²) >= 11 is 0. The number of aromatic nitrogens is 1. The first-order valence-corrected chi connectivity index (χ1v) is 10.8. The largest absolute Gasteiger partial charge is 0.497 e. The van der Waals surface area contributed by atoms with Gasteiger partial charge in [0.2, 0.25) is 0 Å². The predicted octanol–water partition coefficient (Wildman–Crippen LogP) is 6.47. The van der Waals surface area contributed by atoms with Gasteiger partial charge in [0.25, 0.3) is 0 Å². The van der Waals surface area contributed by atoms with Crippen molar-refractivity contribution < 1.29 is 9.47 Å². The maximum absolute atomic E-state index is 13.8. The smallest absolute Gasteiger partial charge is 0.196 e. The first-order valence-electron chi connectivity index (χ1n) is 10.8. The predicted molar refractivity (Wildman–Crippen MR) is 135 cm³/mol. The second-order valence-electron chi connectivity index (χ2n) is 8.09. The Morgan fingerprint density at radius 1 is 0.606 bits per heavy atom. The van der Waals surface area contributed by atoms with Crippen LogP contribution in [-0.2, 0) is 0 Å². The summed E-state index contributed by atoms with van der Waals surface area (Å²) in [6.45, 7) is 0. The van der Waals surface area contributed by atoms with Crippen LogP contribution in [0.1, 0.15) is 0 Å². The highest BCUT2D eigenvalue weighted by Gasteiger charge is 2.17. The lowest BCUT2D eigenvalue weighted by Crippen LogP contribution is -2.04. The van der Waals surface area contributed by atoms with Crippen LogP contribution < -0.4 is 14.9 Å². The normalized spacial score (nSPS) is 11.5. The molecule has 1 aromatic heterocycles. The van der Waals surface area contributed by atoms with E-state index in [-0.39, 0.29) is 5.43 Å². The lowest BCUT2D eigenvalue weighted by molar-refractivity contribution is 0.415. The summed E-state index contributed by atoms with van der Waals surface area (Å²) in [4.78, 5) is 13.8. The van der Waals surface area contributed by atoms with E-state index in [1.165, 1.54) is 0 Å². The molecule has 33 heavy (non-hydrogen) atoms. The Labute approximate surface area is 190 Å². The van der Waals surface area contributed by atoms with E-state index in [9.17, 15) is 4.79 Å². The van der Waals surface area contributed by atoms with Crippen molar-refractivity contribution in [1.29, 1.82) is 0 Å². The Kier molecular flexibility index (Phi) is 4.34. The molecule has 4 heteroatoms. The fourth-order valence-electron chi connectivity index (χ4n) is 4.79. The molecule has 0 unspecified atom stereocenters. The third-order valence-electron chi connectivity index (χ3n) is 6.37. The molecule has 0 radical (unpaired) electrons. The van der Waals surface area contributed by atoms with Gasteiger partial charge in [-0.1, -0.05) is 48.5 Å². The number of nitrogens with zero attached hydrogens (tertiary/aromatic N) is 1. The molecule has 0 N–H and O–H groups in total. The number of ether oxygens (including phenoxy) is 2. The highest BCUT2D eigenvalue weighted by Crippen LogP contribution is 2.37. The number of rotatable bonds is 3. The second kappa shape index (κ2) is 7.38. The van der Waals surface area contributed by atoms with Crippen molar-refractivity contribution in [2.24, 2.45) is 0 Å². The van der Waals surface area contributed by atoms with Gasteiger partial charge in [-0.3, -0.25) is 4.79 Å². The van der Waals surface area contributed by atoms with E-state index in [1.54, 1.807) is 14.2 Å². The van der Waals surface area contributed by atoms with Crippen LogP contribution in [0.5, 0.6) is 11.5 Å². The molecule has 4 nitrogen and oxygen atoms in total. The van der Waals surface area contributed by atoms with Crippen molar-refractivity contribution in [2.45, 2.75) is 0 Å². The summed E-state index contributed by atoms with van der Waals surface area (Å²) < 4.78 is 13.2. The van der Waals surface area contributed by atoms with Gasteiger partial charge in [0.1, 0.15) is 11.5 Å². The summed E-state index contributed by atoms with van der Waals surface area (Å²) in [6, 6.07) is 29.9. The van der Waals surface area contributed by atoms with Gasteiger partial charge in [0, 0.05) is 16.2 Å². The quantitative estimate of drug-likeness (QED) is 0.323. The van der Waals surface area contributed by atoms with E-state index in [1.807, 2.05) is 91.0 Å². The highest BCUT2D eigenvalue weighted by atomic mass is 16.5. The average Bonchev–Trinajstić information content (AvgIpc) is 3.11. The molecule has 0 amide bonds. The summed E-state index contributed by atoms with van der Waals surface area (Å²) in [5.41, 5.74) is 2.89. The topological polar surface area (TPSA) is 40.5 Å². The number of hydrogen-bond acceptors (Lipinski definition) is 3. The van der Waals surface area contributed by atoms with Crippen LogP contribution in [0.25, 0.3) is 49.0 Å². The Morgan fingerprint density at radius 3 is 1.88 bits per heavy atom. The molecule has 0 aliphatic carbocycles. The van der Waals surface area contributed by atoms with Crippen molar-refractivity contribution in [3.63, 3.8) is 0 Å². The lowest BCUT2D eigenvalue weighted by atomic mass is 10.1. The molecule has 1 heterocycles. The third kappa shape index (κ3) is 2.88. The second-order valence-corrected chi connectivity index (χ2v) is 8.09. The van der Waals surface area contributed by atoms with Crippen molar-refractivity contribution in [2.75, 3.05) is 14.2 Å². The monoisotopic (exact) mass is 431 g/mol. The fourth-order valence-corrected chi connectivity index (χ4v) is 4.79. The minimum absolute atomic E-state index is 0.0261. The molecular weight excluding hydrogens is 410 g/mol. The van der Waals surface area contributed by atoms with Gasteiger partial charge < -0.3 is 14.0 Å². The SMILES string of the molecule is COc1ccc2c(c1)c1cc(OC)ccc1n2-c1cccc2ccc3ccccc3c(=O)c12. The van der Waals surface area contributed by atoms with Crippen LogP contribution in [-0.4, -0.2) is 18.8 Å². The van der Waals surface area contributed by atoms with E-state index in [2.05, 4.69) is 4.57 Å². The summed E-state index contributed by atoms with van der Waals surface area (Å²) in [5, 5.41) is 5.33. The first kappa shape index (κ1) is 19.4. The van der Waals surface area contributed by atoms with E-state index < -0.39 is 0 Å². The van der Waals surface area contributed by atoms with Gasteiger partial charge in [-0.2, -0.15) is 0 Å². The highest BCUT2D eigenvalue weighted by molar-refractivity contribution is 6.11. The molecule has 0 fully saturated rings. The van der Waals surface area contributed by atoms with Crippen LogP contribution in [0.2, 0.25) is 0 Å². The number of methoxy groups -OCH3 is 2. The summed E-state index contributed by atoms with van der Waals surface area (Å²) in [5.74, 6) is 1.56. The zero-order chi connectivity index (χ0) is 22.5. The molecule has 0 bridgehead atoms. The number of hydrogen-bond donors (Lipinski definition) is 0. The Morgan fingerprint density at radius 2 is 1.21 bits per heavy atom. The van der Waals surface area contributed by atoms with Gasteiger partial charge >= 0.3 is 0 Å². The standard InChI is InChI=1S/C29H21NO3/c1-32-20-12-14-25-23(16-20)24-17-21(33-2)13-15-26(24)30(25)27-9-5-7-19-11-10-18-6-3-4-8-22(18)29(31)28(19)27/h3-17H,1-2H3. The van der Waals surface area contributed by atoms with Crippen LogP contribution in [0.4, 0.5) is 0 Å². The van der Waals surface area contributed by atoms with Crippen molar-refractivity contribution >= 4 is 43.4 Å². The maximum Gasteiger partial charge on any atom is 0.196 e. The Bertz CT molecular complexity index is 1700. The van der Waals surface area contributed by atoms with Crippen LogP contribution in [0, 0.1) is 0 Å². The molecule has 0 spiro atoms. The van der Waals surface area contributed by atoms with Gasteiger partial charge in [-0.25, -0.2) is 0 Å². The average molecular weight is 431 g/mol. The Balaban J connectivity index is 1.83. The van der Waals surface area contributed by atoms with Gasteiger partial charge in [0.05, 0.1) is 36.3 Å². The van der Waals surface area contributed by atoms with Crippen molar-refractivity contribution in [1.82, 2.24) is 4.57 Å². The molecule has 0 saturated carbocycles. The Hall–Kier alpha value is -4.31. The third-order valence-corrected chi connectivity index (χ3v) is 6.37. The van der Waals surface area contributed by atoms with Gasteiger partial charge in [-0.05, 0) is 53.2 Å². The summed E-state index contributed by atoms with van der Waals surface area (Å²) in [7, 11) is 3.33. The summed E-state index contributed by atoms with van der Waals surface area (Å²) in [6.07, 6.45) is 0. The molecule has 6 rings (SSSR count). The van der Waals surface area contributed by atoms with Crippen molar-refractivity contribution in [3.8, 4) is 17.2 Å². The molecule has 0 saturated heterocycles. The number of benzene rings is 4. The zero-order valence-electron chi connectivity index (χ0n) is 18.3. The molecule has 6 aromatic rings. The fraction of sp³-hybridized carbons (Fsp3) is 0.0690. The molecule has 0 atom stereocenters.